The van der Waals surface area contributed by atoms with Crippen LogP contribution in [0.5, 0.6) is 0 Å². The predicted molar refractivity (Wildman–Crippen MR) is 72.7 cm³/mol. The zero-order chi connectivity index (χ0) is 12.5. The first kappa shape index (κ1) is 12.7. The van der Waals surface area contributed by atoms with Crippen LogP contribution >= 0.6 is 11.6 Å². The van der Waals surface area contributed by atoms with Crippen LogP contribution in [0.2, 0.25) is 0 Å². The van der Waals surface area contributed by atoms with E-state index in [2.05, 4.69) is 41.7 Å². The highest BCUT2D eigenvalue weighted by atomic mass is 35.5. The topological polar surface area (TPSA) is 19.4 Å². The molecule has 2 heterocycles. The van der Waals surface area contributed by atoms with Crippen molar-refractivity contribution < 1.29 is 0 Å². The largest absolute Gasteiger partial charge is 0.353 e. The molecule has 0 saturated carbocycles. The molecule has 1 aromatic rings. The maximum atomic E-state index is 5.83. The van der Waals surface area contributed by atoms with E-state index in [1.54, 1.807) is 0 Å². The van der Waals surface area contributed by atoms with Crippen molar-refractivity contribution in [1.29, 1.82) is 0 Å². The van der Waals surface area contributed by atoms with E-state index in [-0.39, 0.29) is 5.54 Å². The van der Waals surface area contributed by atoms with Crippen LogP contribution in [-0.4, -0.2) is 42.1 Å². The van der Waals surface area contributed by atoms with Gasteiger partial charge in [0.2, 0.25) is 0 Å². The molecule has 17 heavy (non-hydrogen) atoms. The minimum atomic E-state index is 0.191. The van der Waals surface area contributed by atoms with Crippen molar-refractivity contribution in [2.24, 2.45) is 0 Å². The van der Waals surface area contributed by atoms with Crippen LogP contribution in [0.15, 0.2) is 18.2 Å². The molecule has 1 aromatic heterocycles. The van der Waals surface area contributed by atoms with E-state index in [0.29, 0.717) is 5.88 Å². The first-order valence-corrected chi connectivity index (χ1v) is 6.54. The lowest BCUT2D eigenvalue weighted by atomic mass is 10.00. The summed E-state index contributed by atoms with van der Waals surface area (Å²) in [6.07, 6.45) is 0. The Labute approximate surface area is 108 Å². The fourth-order valence-electron chi connectivity index (χ4n) is 2.15. The highest BCUT2D eigenvalue weighted by Gasteiger charge is 2.31. The molecule has 0 aliphatic carbocycles. The summed E-state index contributed by atoms with van der Waals surface area (Å²) in [7, 11) is 2.18. The van der Waals surface area contributed by atoms with Crippen molar-refractivity contribution in [1.82, 2.24) is 9.88 Å². The van der Waals surface area contributed by atoms with Crippen LogP contribution in [0.3, 0.4) is 0 Å². The minimum Gasteiger partial charge on any atom is -0.353 e. The molecule has 0 amide bonds. The summed E-state index contributed by atoms with van der Waals surface area (Å²) in [5.41, 5.74) is 1.14. The molecule has 0 spiro atoms. The van der Waals surface area contributed by atoms with Gasteiger partial charge in [-0.05, 0) is 33.0 Å². The van der Waals surface area contributed by atoms with E-state index in [0.717, 1.165) is 31.1 Å². The van der Waals surface area contributed by atoms with Gasteiger partial charge in [0.15, 0.2) is 0 Å². The molecule has 0 aromatic carbocycles. The van der Waals surface area contributed by atoms with Gasteiger partial charge in [-0.25, -0.2) is 4.98 Å². The molecule has 94 valence electrons. The summed E-state index contributed by atoms with van der Waals surface area (Å²) in [4.78, 5) is 9.32. The Morgan fingerprint density at radius 3 is 2.76 bits per heavy atom. The van der Waals surface area contributed by atoms with Crippen molar-refractivity contribution >= 4 is 17.4 Å². The molecule has 0 radical (unpaired) electrons. The van der Waals surface area contributed by atoms with Gasteiger partial charge < -0.3 is 4.90 Å². The Morgan fingerprint density at radius 2 is 2.12 bits per heavy atom. The van der Waals surface area contributed by atoms with Crippen LogP contribution in [0, 0.1) is 0 Å². The number of likely N-dealkylation sites (N-methyl/N-ethyl adjacent to an activating group) is 1. The molecule has 3 nitrogen and oxygen atoms in total. The number of anilines is 1. The van der Waals surface area contributed by atoms with Crippen molar-refractivity contribution in [3.63, 3.8) is 0 Å². The first-order chi connectivity index (χ1) is 8.03. The molecule has 1 aliphatic heterocycles. The smallest absolute Gasteiger partial charge is 0.128 e. The lowest BCUT2D eigenvalue weighted by Crippen LogP contribution is -2.57. The summed E-state index contributed by atoms with van der Waals surface area (Å²) >= 11 is 5.83. The second-order valence-electron chi connectivity index (χ2n) is 5.28. The number of halogens is 1. The van der Waals surface area contributed by atoms with Gasteiger partial charge >= 0.3 is 0 Å². The number of hydrogen-bond acceptors (Lipinski definition) is 3. The Kier molecular flexibility index (Phi) is 3.59. The van der Waals surface area contributed by atoms with E-state index in [4.69, 9.17) is 11.6 Å². The van der Waals surface area contributed by atoms with Crippen molar-refractivity contribution in [2.75, 3.05) is 31.6 Å². The number of rotatable bonds is 2. The lowest BCUT2D eigenvalue weighted by Gasteiger charge is -2.45. The van der Waals surface area contributed by atoms with Crippen LogP contribution in [0.25, 0.3) is 0 Å². The summed E-state index contributed by atoms with van der Waals surface area (Å²) in [5.74, 6) is 1.52. The Bertz CT molecular complexity index is 392. The molecule has 0 atom stereocenters. The standard InChI is InChI=1S/C13H20ClN3/c1-13(2)10-17(8-7-16(13)3)12-6-4-5-11(9-14)15-12/h4-6H,7-10H2,1-3H3. The van der Waals surface area contributed by atoms with Gasteiger partial charge in [-0.3, -0.25) is 4.90 Å². The van der Waals surface area contributed by atoms with Crippen LogP contribution in [0.1, 0.15) is 19.5 Å². The van der Waals surface area contributed by atoms with Crippen molar-refractivity contribution in [2.45, 2.75) is 25.3 Å². The molecule has 2 rings (SSSR count). The third kappa shape index (κ3) is 2.72. The SMILES string of the molecule is CN1CCN(c2cccc(CCl)n2)CC1(C)C. The summed E-state index contributed by atoms with van der Waals surface area (Å²) in [6, 6.07) is 6.07. The van der Waals surface area contributed by atoms with Crippen molar-refractivity contribution in [3.05, 3.63) is 23.9 Å². The Morgan fingerprint density at radius 1 is 1.35 bits per heavy atom. The normalized spacial score (nSPS) is 20.6. The van der Waals surface area contributed by atoms with E-state index in [1.807, 2.05) is 12.1 Å². The van der Waals surface area contributed by atoms with Gasteiger partial charge in [0, 0.05) is 25.2 Å². The maximum Gasteiger partial charge on any atom is 0.128 e. The molecule has 1 fully saturated rings. The van der Waals surface area contributed by atoms with E-state index in [1.165, 1.54) is 0 Å². The number of nitrogens with zero attached hydrogens (tertiary/aromatic N) is 3. The van der Waals surface area contributed by atoms with E-state index in [9.17, 15) is 0 Å². The zero-order valence-corrected chi connectivity index (χ0v) is 11.5. The quantitative estimate of drug-likeness (QED) is 0.755. The average molecular weight is 254 g/mol. The minimum absolute atomic E-state index is 0.191. The maximum absolute atomic E-state index is 5.83. The summed E-state index contributed by atoms with van der Waals surface area (Å²) in [6.45, 7) is 7.63. The number of alkyl halides is 1. The highest BCUT2D eigenvalue weighted by molar-refractivity contribution is 6.16. The van der Waals surface area contributed by atoms with Gasteiger partial charge in [-0.1, -0.05) is 6.07 Å². The Hall–Kier alpha value is -0.800. The summed E-state index contributed by atoms with van der Waals surface area (Å²) < 4.78 is 0. The highest BCUT2D eigenvalue weighted by Crippen LogP contribution is 2.23. The first-order valence-electron chi connectivity index (χ1n) is 6.01. The molecule has 0 unspecified atom stereocenters. The van der Waals surface area contributed by atoms with Gasteiger partial charge in [0.25, 0.3) is 0 Å². The predicted octanol–water partition coefficient (Wildman–Crippen LogP) is 2.35. The molecular weight excluding hydrogens is 234 g/mol. The monoisotopic (exact) mass is 253 g/mol. The van der Waals surface area contributed by atoms with Crippen LogP contribution in [-0.2, 0) is 5.88 Å². The zero-order valence-electron chi connectivity index (χ0n) is 10.8. The second-order valence-corrected chi connectivity index (χ2v) is 5.54. The molecule has 1 saturated heterocycles. The van der Waals surface area contributed by atoms with Gasteiger partial charge in [0.1, 0.15) is 5.82 Å². The number of piperazine rings is 1. The van der Waals surface area contributed by atoms with Crippen molar-refractivity contribution in [3.8, 4) is 0 Å². The van der Waals surface area contributed by atoms with Gasteiger partial charge in [-0.15, -0.1) is 11.6 Å². The third-order valence-corrected chi connectivity index (χ3v) is 3.84. The molecule has 0 N–H and O–H groups in total. The molecular formula is C13H20ClN3. The van der Waals surface area contributed by atoms with Crippen LogP contribution < -0.4 is 4.90 Å². The molecule has 0 bridgehead atoms. The fourth-order valence-corrected chi connectivity index (χ4v) is 2.30. The third-order valence-electron chi connectivity index (χ3n) is 3.57. The summed E-state index contributed by atoms with van der Waals surface area (Å²) in [5, 5.41) is 0. The lowest BCUT2D eigenvalue weighted by molar-refractivity contribution is 0.138. The molecule has 4 heteroatoms. The second kappa shape index (κ2) is 4.83. The fraction of sp³-hybridized carbons (Fsp3) is 0.615. The van der Waals surface area contributed by atoms with E-state index >= 15 is 0 Å². The average Bonchev–Trinajstić information content (AvgIpc) is 2.32. The van der Waals surface area contributed by atoms with E-state index < -0.39 is 0 Å². The number of hydrogen-bond donors (Lipinski definition) is 0. The molecule has 1 aliphatic rings. The number of aromatic nitrogens is 1. The number of pyridine rings is 1. The van der Waals surface area contributed by atoms with Crippen LogP contribution in [0.4, 0.5) is 5.82 Å². The van der Waals surface area contributed by atoms with Gasteiger partial charge in [0.05, 0.1) is 11.6 Å². The Balaban J connectivity index is 2.17. The van der Waals surface area contributed by atoms with Gasteiger partial charge in [-0.2, -0.15) is 0 Å².